The third kappa shape index (κ3) is 5.64. The van der Waals surface area contributed by atoms with Gasteiger partial charge in [0.25, 0.3) is 5.91 Å². The van der Waals surface area contributed by atoms with E-state index in [0.29, 0.717) is 24.7 Å². The molecule has 0 fully saturated rings. The van der Waals surface area contributed by atoms with Crippen LogP contribution < -0.4 is 10.1 Å². The lowest BCUT2D eigenvalue weighted by atomic mass is 10.1. The lowest BCUT2D eigenvalue weighted by Crippen LogP contribution is -2.34. The number of furan rings is 1. The average molecular weight is 344 g/mol. The van der Waals surface area contributed by atoms with Crippen LogP contribution in [0, 0.1) is 13.8 Å². The summed E-state index contributed by atoms with van der Waals surface area (Å²) in [6, 6.07) is 9.43. The molecular formula is C20H28N2O3. The molecule has 5 heteroatoms. The van der Waals surface area contributed by atoms with Crippen LogP contribution in [0.2, 0.25) is 0 Å². The van der Waals surface area contributed by atoms with Gasteiger partial charge >= 0.3 is 0 Å². The van der Waals surface area contributed by atoms with E-state index in [0.717, 1.165) is 25.4 Å². The number of likely N-dealkylation sites (N-methyl/N-ethyl adjacent to an activating group) is 1. The standard InChI is InChI=1S/C20H28N2O3/c1-5-22(6-2)12-11-21-20(23)19-10-9-18(25-19)14-24-17-8-7-15(3)16(4)13-17/h7-10,13H,5-6,11-12,14H2,1-4H3,(H,21,23). The van der Waals surface area contributed by atoms with Crippen molar-refractivity contribution in [2.24, 2.45) is 0 Å². The van der Waals surface area contributed by atoms with Crippen LogP contribution in [-0.2, 0) is 6.61 Å². The molecule has 0 unspecified atom stereocenters. The van der Waals surface area contributed by atoms with Gasteiger partial charge in [-0.3, -0.25) is 4.79 Å². The zero-order valence-corrected chi connectivity index (χ0v) is 15.6. The first kappa shape index (κ1) is 19.1. The Balaban J connectivity index is 1.82. The second-order valence-corrected chi connectivity index (χ2v) is 6.08. The number of nitrogens with zero attached hydrogens (tertiary/aromatic N) is 1. The molecular weight excluding hydrogens is 316 g/mol. The van der Waals surface area contributed by atoms with Gasteiger partial charge in [-0.2, -0.15) is 0 Å². The van der Waals surface area contributed by atoms with Gasteiger partial charge in [0.05, 0.1) is 0 Å². The van der Waals surface area contributed by atoms with Crippen LogP contribution in [0.15, 0.2) is 34.7 Å². The molecule has 2 rings (SSSR count). The van der Waals surface area contributed by atoms with Crippen LogP contribution in [-0.4, -0.2) is 37.0 Å². The summed E-state index contributed by atoms with van der Waals surface area (Å²) in [5, 5.41) is 2.88. The van der Waals surface area contributed by atoms with Crippen LogP contribution in [0.3, 0.4) is 0 Å². The van der Waals surface area contributed by atoms with Crippen molar-refractivity contribution in [1.82, 2.24) is 10.2 Å². The van der Waals surface area contributed by atoms with Crippen molar-refractivity contribution >= 4 is 5.91 Å². The fraction of sp³-hybridized carbons (Fsp3) is 0.450. The Morgan fingerprint density at radius 3 is 2.56 bits per heavy atom. The predicted octanol–water partition coefficient (Wildman–Crippen LogP) is 3.55. The van der Waals surface area contributed by atoms with Crippen molar-refractivity contribution in [2.45, 2.75) is 34.3 Å². The number of ether oxygens (including phenoxy) is 1. The summed E-state index contributed by atoms with van der Waals surface area (Å²) in [5.41, 5.74) is 2.42. The highest BCUT2D eigenvalue weighted by atomic mass is 16.5. The molecule has 5 nitrogen and oxygen atoms in total. The van der Waals surface area contributed by atoms with Gasteiger partial charge < -0.3 is 19.4 Å². The van der Waals surface area contributed by atoms with Crippen molar-refractivity contribution in [1.29, 1.82) is 0 Å². The molecule has 0 atom stereocenters. The largest absolute Gasteiger partial charge is 0.486 e. The van der Waals surface area contributed by atoms with E-state index in [4.69, 9.17) is 9.15 Å². The van der Waals surface area contributed by atoms with E-state index in [1.54, 1.807) is 12.1 Å². The number of benzene rings is 1. The fourth-order valence-corrected chi connectivity index (χ4v) is 2.49. The molecule has 0 aliphatic heterocycles. The van der Waals surface area contributed by atoms with E-state index >= 15 is 0 Å². The van der Waals surface area contributed by atoms with Crippen LogP contribution in [0.4, 0.5) is 0 Å². The smallest absolute Gasteiger partial charge is 0.287 e. The summed E-state index contributed by atoms with van der Waals surface area (Å²) in [4.78, 5) is 14.4. The molecule has 0 aliphatic carbocycles. The SMILES string of the molecule is CCN(CC)CCNC(=O)c1ccc(COc2ccc(C)c(C)c2)o1. The van der Waals surface area contributed by atoms with E-state index < -0.39 is 0 Å². The maximum Gasteiger partial charge on any atom is 0.287 e. The summed E-state index contributed by atoms with van der Waals surface area (Å²) >= 11 is 0. The molecule has 1 aromatic heterocycles. The van der Waals surface area contributed by atoms with Gasteiger partial charge in [-0.15, -0.1) is 0 Å². The van der Waals surface area contributed by atoms with E-state index in [9.17, 15) is 4.79 Å². The summed E-state index contributed by atoms with van der Waals surface area (Å²) in [5.74, 6) is 1.56. The van der Waals surface area contributed by atoms with E-state index in [1.165, 1.54) is 11.1 Å². The number of aryl methyl sites for hydroxylation is 2. The summed E-state index contributed by atoms with van der Waals surface area (Å²) in [6.07, 6.45) is 0. The molecule has 0 spiro atoms. The van der Waals surface area contributed by atoms with Crippen molar-refractivity contribution in [2.75, 3.05) is 26.2 Å². The van der Waals surface area contributed by atoms with Crippen molar-refractivity contribution in [3.05, 3.63) is 53.0 Å². The minimum Gasteiger partial charge on any atom is -0.486 e. The Morgan fingerprint density at radius 2 is 1.88 bits per heavy atom. The Hall–Kier alpha value is -2.27. The van der Waals surface area contributed by atoms with E-state index in [1.807, 2.05) is 18.2 Å². The van der Waals surface area contributed by atoms with Crippen molar-refractivity contribution < 1.29 is 13.9 Å². The van der Waals surface area contributed by atoms with Gasteiger partial charge in [-0.1, -0.05) is 19.9 Å². The third-order valence-corrected chi connectivity index (χ3v) is 4.35. The Kier molecular flexibility index (Phi) is 7.07. The number of hydrogen-bond donors (Lipinski definition) is 1. The van der Waals surface area contributed by atoms with E-state index in [2.05, 4.69) is 37.9 Å². The van der Waals surface area contributed by atoms with Crippen molar-refractivity contribution in [3.63, 3.8) is 0 Å². The Morgan fingerprint density at radius 1 is 1.12 bits per heavy atom. The maximum absolute atomic E-state index is 12.1. The van der Waals surface area contributed by atoms with Crippen LogP contribution in [0.5, 0.6) is 5.75 Å². The van der Waals surface area contributed by atoms with E-state index in [-0.39, 0.29) is 5.91 Å². The lowest BCUT2D eigenvalue weighted by Gasteiger charge is -2.17. The van der Waals surface area contributed by atoms with Gasteiger partial charge in [-0.25, -0.2) is 0 Å². The number of carbonyl (C=O) groups is 1. The summed E-state index contributed by atoms with van der Waals surface area (Å²) in [7, 11) is 0. The average Bonchev–Trinajstić information content (AvgIpc) is 3.09. The summed E-state index contributed by atoms with van der Waals surface area (Å²) in [6.45, 7) is 12.0. The predicted molar refractivity (Wildman–Crippen MR) is 99.1 cm³/mol. The van der Waals surface area contributed by atoms with Crippen LogP contribution in [0.25, 0.3) is 0 Å². The zero-order valence-electron chi connectivity index (χ0n) is 15.6. The number of rotatable bonds is 9. The van der Waals surface area contributed by atoms with Crippen LogP contribution in [0.1, 0.15) is 41.3 Å². The monoisotopic (exact) mass is 344 g/mol. The Bertz CT molecular complexity index is 690. The highest BCUT2D eigenvalue weighted by Gasteiger charge is 2.11. The second kappa shape index (κ2) is 9.28. The molecule has 1 aromatic carbocycles. The minimum absolute atomic E-state index is 0.190. The summed E-state index contributed by atoms with van der Waals surface area (Å²) < 4.78 is 11.3. The highest BCUT2D eigenvalue weighted by Crippen LogP contribution is 2.18. The van der Waals surface area contributed by atoms with Gasteiger partial charge in [0.2, 0.25) is 0 Å². The maximum atomic E-state index is 12.1. The number of nitrogens with one attached hydrogen (secondary N) is 1. The quantitative estimate of drug-likeness (QED) is 0.756. The molecule has 2 aromatic rings. The minimum atomic E-state index is -0.190. The molecule has 136 valence electrons. The molecule has 0 radical (unpaired) electrons. The fourth-order valence-electron chi connectivity index (χ4n) is 2.49. The molecule has 1 amide bonds. The van der Waals surface area contributed by atoms with Gasteiger partial charge in [0, 0.05) is 13.1 Å². The van der Waals surface area contributed by atoms with Crippen molar-refractivity contribution in [3.8, 4) is 5.75 Å². The molecule has 0 saturated carbocycles. The normalized spacial score (nSPS) is 10.9. The molecule has 1 heterocycles. The zero-order chi connectivity index (χ0) is 18.2. The third-order valence-electron chi connectivity index (χ3n) is 4.35. The number of carbonyl (C=O) groups excluding carboxylic acids is 1. The van der Waals surface area contributed by atoms with Gasteiger partial charge in [-0.05, 0) is 62.3 Å². The van der Waals surface area contributed by atoms with Gasteiger partial charge in [0.15, 0.2) is 5.76 Å². The first-order chi connectivity index (χ1) is 12.0. The topological polar surface area (TPSA) is 54.7 Å². The molecule has 1 N–H and O–H groups in total. The van der Waals surface area contributed by atoms with Gasteiger partial charge in [0.1, 0.15) is 18.1 Å². The lowest BCUT2D eigenvalue weighted by molar-refractivity contribution is 0.0917. The number of hydrogen-bond acceptors (Lipinski definition) is 4. The first-order valence-corrected chi connectivity index (χ1v) is 8.82. The second-order valence-electron chi connectivity index (χ2n) is 6.08. The number of amides is 1. The Labute approximate surface area is 150 Å². The highest BCUT2D eigenvalue weighted by molar-refractivity contribution is 5.91. The molecule has 0 aliphatic rings. The molecule has 0 bridgehead atoms. The molecule has 0 saturated heterocycles. The molecule has 25 heavy (non-hydrogen) atoms. The van der Waals surface area contributed by atoms with Crippen LogP contribution >= 0.6 is 0 Å². The first-order valence-electron chi connectivity index (χ1n) is 8.82.